The van der Waals surface area contributed by atoms with Crippen molar-refractivity contribution in [2.75, 3.05) is 12.3 Å². The lowest BCUT2D eigenvalue weighted by Crippen LogP contribution is -2.51. The Bertz CT molecular complexity index is 720. The van der Waals surface area contributed by atoms with Crippen molar-refractivity contribution >= 4 is 17.7 Å². The summed E-state index contributed by atoms with van der Waals surface area (Å²) < 4.78 is 0. The van der Waals surface area contributed by atoms with E-state index in [0.29, 0.717) is 16.9 Å². The van der Waals surface area contributed by atoms with Crippen LogP contribution in [0, 0.1) is 0 Å². The molecule has 5 heteroatoms. The van der Waals surface area contributed by atoms with E-state index in [1.165, 1.54) is 25.6 Å². The van der Waals surface area contributed by atoms with E-state index >= 15 is 0 Å². The van der Waals surface area contributed by atoms with Gasteiger partial charge in [0.05, 0.1) is 11.3 Å². The van der Waals surface area contributed by atoms with Crippen LogP contribution in [0.4, 0.5) is 0 Å². The van der Waals surface area contributed by atoms with E-state index in [-0.39, 0.29) is 5.91 Å². The van der Waals surface area contributed by atoms with Gasteiger partial charge in [-0.15, -0.1) is 0 Å². The van der Waals surface area contributed by atoms with Gasteiger partial charge < -0.3 is 4.90 Å². The molecule has 2 fully saturated rings. The summed E-state index contributed by atoms with van der Waals surface area (Å²) in [6.07, 6.45) is 8.07. The lowest BCUT2D eigenvalue weighted by molar-refractivity contribution is 0.0646. The Morgan fingerprint density at radius 1 is 1.17 bits per heavy atom. The summed E-state index contributed by atoms with van der Waals surface area (Å²) in [5.74, 6) is 1.12. The quantitative estimate of drug-likeness (QED) is 0.838. The number of hydrogen-bond acceptors (Lipinski definition) is 4. The third-order valence-electron chi connectivity index (χ3n) is 4.98. The molecule has 0 spiro atoms. The summed E-state index contributed by atoms with van der Waals surface area (Å²) >= 11 is 2.04. The molecule has 1 aliphatic carbocycles. The summed E-state index contributed by atoms with van der Waals surface area (Å²) in [5.41, 5.74) is 2.33. The fraction of sp³-hybridized carbons (Fsp3) is 0.421. The number of nitrogens with zero attached hydrogens (tertiary/aromatic N) is 3. The molecule has 4 rings (SSSR count). The van der Waals surface area contributed by atoms with Gasteiger partial charge >= 0.3 is 0 Å². The molecule has 1 saturated heterocycles. The van der Waals surface area contributed by atoms with Crippen molar-refractivity contribution in [1.29, 1.82) is 0 Å². The number of carbonyl (C=O) groups is 1. The second kappa shape index (κ2) is 6.93. The molecule has 1 saturated carbocycles. The normalized spacial score (nSPS) is 23.6. The van der Waals surface area contributed by atoms with Crippen LogP contribution in [0.3, 0.4) is 0 Å². The number of benzene rings is 1. The number of thioether (sulfide) groups is 1. The fourth-order valence-electron chi connectivity index (χ4n) is 3.82. The predicted molar refractivity (Wildman–Crippen MR) is 97.0 cm³/mol. The molecular formula is C19H21N3OS. The van der Waals surface area contributed by atoms with Crippen LogP contribution in [-0.4, -0.2) is 44.4 Å². The number of fused-ring (bicyclic) bond motifs is 1. The minimum absolute atomic E-state index is 0.0895. The van der Waals surface area contributed by atoms with Crippen LogP contribution in [0.5, 0.6) is 0 Å². The van der Waals surface area contributed by atoms with Crippen LogP contribution in [0.25, 0.3) is 11.3 Å². The molecule has 2 aliphatic rings. The largest absolute Gasteiger partial charge is 0.334 e. The Morgan fingerprint density at radius 2 is 2.00 bits per heavy atom. The molecule has 0 unspecified atom stereocenters. The second-order valence-corrected chi connectivity index (χ2v) is 7.76. The molecule has 2 aromatic rings. The predicted octanol–water partition coefficient (Wildman–Crippen LogP) is 3.64. The SMILES string of the molecule is O=C(c1cncnc1-c1ccccc1)N1CCS[C@@H]2CCCC[C@@H]21. The highest BCUT2D eigenvalue weighted by Gasteiger charge is 2.37. The van der Waals surface area contributed by atoms with Gasteiger partial charge in [0, 0.05) is 35.3 Å². The zero-order chi connectivity index (χ0) is 16.4. The summed E-state index contributed by atoms with van der Waals surface area (Å²) in [6.45, 7) is 0.827. The van der Waals surface area contributed by atoms with Crippen LogP contribution in [0.1, 0.15) is 36.0 Å². The highest BCUT2D eigenvalue weighted by molar-refractivity contribution is 8.00. The van der Waals surface area contributed by atoms with Crippen LogP contribution in [0.2, 0.25) is 0 Å². The van der Waals surface area contributed by atoms with E-state index in [4.69, 9.17) is 0 Å². The molecule has 2 heterocycles. The molecule has 1 aliphatic heterocycles. The van der Waals surface area contributed by atoms with Crippen molar-refractivity contribution in [3.8, 4) is 11.3 Å². The summed E-state index contributed by atoms with van der Waals surface area (Å²) in [6, 6.07) is 10.3. The molecule has 1 aromatic carbocycles. The van der Waals surface area contributed by atoms with Crippen LogP contribution >= 0.6 is 11.8 Å². The van der Waals surface area contributed by atoms with Gasteiger partial charge in [0.1, 0.15) is 6.33 Å². The van der Waals surface area contributed by atoms with Crippen molar-refractivity contribution in [3.05, 3.63) is 48.4 Å². The zero-order valence-corrected chi connectivity index (χ0v) is 14.4. The molecule has 0 bridgehead atoms. The number of aromatic nitrogens is 2. The van der Waals surface area contributed by atoms with Crippen molar-refractivity contribution in [1.82, 2.24) is 14.9 Å². The number of carbonyl (C=O) groups excluding carboxylic acids is 1. The standard InChI is InChI=1S/C19H21N3OS/c23-19(22-10-11-24-17-9-5-4-8-16(17)22)15-12-20-13-21-18(15)14-6-2-1-3-7-14/h1-3,6-7,12-13,16-17H,4-5,8-11H2/t16-,17+/m0/s1. The minimum Gasteiger partial charge on any atom is -0.334 e. The molecule has 4 nitrogen and oxygen atoms in total. The van der Waals surface area contributed by atoms with Gasteiger partial charge in [0.25, 0.3) is 5.91 Å². The Labute approximate surface area is 146 Å². The van der Waals surface area contributed by atoms with Crippen LogP contribution in [0.15, 0.2) is 42.9 Å². The Morgan fingerprint density at radius 3 is 2.88 bits per heavy atom. The topological polar surface area (TPSA) is 46.1 Å². The average Bonchev–Trinajstić information content (AvgIpc) is 2.68. The molecule has 2 atom stereocenters. The van der Waals surface area contributed by atoms with E-state index in [2.05, 4.69) is 14.9 Å². The smallest absolute Gasteiger partial charge is 0.257 e. The molecule has 124 valence electrons. The first kappa shape index (κ1) is 15.6. The fourth-order valence-corrected chi connectivity index (χ4v) is 5.26. The van der Waals surface area contributed by atoms with Crippen molar-refractivity contribution < 1.29 is 4.79 Å². The Balaban J connectivity index is 1.67. The highest BCUT2D eigenvalue weighted by atomic mass is 32.2. The Kier molecular flexibility index (Phi) is 4.52. The zero-order valence-electron chi connectivity index (χ0n) is 13.6. The van der Waals surface area contributed by atoms with Crippen LogP contribution < -0.4 is 0 Å². The molecule has 0 radical (unpaired) electrons. The molecule has 24 heavy (non-hydrogen) atoms. The van der Waals surface area contributed by atoms with Gasteiger partial charge in [-0.05, 0) is 12.8 Å². The average molecular weight is 339 g/mol. The van der Waals surface area contributed by atoms with Gasteiger partial charge in [0.15, 0.2) is 0 Å². The lowest BCUT2D eigenvalue weighted by Gasteiger charge is -2.43. The van der Waals surface area contributed by atoms with Gasteiger partial charge in [-0.1, -0.05) is 43.2 Å². The van der Waals surface area contributed by atoms with E-state index in [1.807, 2.05) is 42.1 Å². The minimum atomic E-state index is 0.0895. The first-order valence-electron chi connectivity index (χ1n) is 8.62. The van der Waals surface area contributed by atoms with Crippen LogP contribution in [-0.2, 0) is 0 Å². The van der Waals surface area contributed by atoms with E-state index in [0.717, 1.165) is 30.0 Å². The Hall–Kier alpha value is -1.88. The molecular weight excluding hydrogens is 318 g/mol. The number of rotatable bonds is 2. The van der Waals surface area contributed by atoms with Gasteiger partial charge in [-0.2, -0.15) is 11.8 Å². The van der Waals surface area contributed by atoms with Crippen molar-refractivity contribution in [2.45, 2.75) is 37.0 Å². The summed E-state index contributed by atoms with van der Waals surface area (Å²) in [4.78, 5) is 23.9. The maximum absolute atomic E-state index is 13.3. The third-order valence-corrected chi connectivity index (χ3v) is 6.38. The van der Waals surface area contributed by atoms with E-state index in [1.54, 1.807) is 6.20 Å². The van der Waals surface area contributed by atoms with Crippen molar-refractivity contribution in [2.24, 2.45) is 0 Å². The maximum Gasteiger partial charge on any atom is 0.257 e. The molecule has 0 N–H and O–H groups in total. The third kappa shape index (κ3) is 2.93. The monoisotopic (exact) mass is 339 g/mol. The van der Waals surface area contributed by atoms with E-state index < -0.39 is 0 Å². The molecule has 1 aromatic heterocycles. The second-order valence-electron chi connectivity index (χ2n) is 6.41. The molecule has 1 amide bonds. The van der Waals surface area contributed by atoms with Gasteiger partial charge in [0.2, 0.25) is 0 Å². The van der Waals surface area contributed by atoms with Gasteiger partial charge in [-0.3, -0.25) is 4.79 Å². The number of amides is 1. The maximum atomic E-state index is 13.3. The lowest BCUT2D eigenvalue weighted by atomic mass is 9.92. The van der Waals surface area contributed by atoms with Crippen molar-refractivity contribution in [3.63, 3.8) is 0 Å². The highest BCUT2D eigenvalue weighted by Crippen LogP contribution is 2.36. The first-order valence-corrected chi connectivity index (χ1v) is 9.67. The van der Waals surface area contributed by atoms with E-state index in [9.17, 15) is 4.79 Å². The summed E-state index contributed by atoms with van der Waals surface area (Å²) in [7, 11) is 0. The summed E-state index contributed by atoms with van der Waals surface area (Å²) in [5, 5.41) is 0.598. The van der Waals surface area contributed by atoms with Gasteiger partial charge in [-0.25, -0.2) is 9.97 Å². The first-order chi connectivity index (χ1) is 11.8. The number of hydrogen-bond donors (Lipinski definition) is 0.